The molecule has 18 heavy (non-hydrogen) atoms. The number of methoxy groups -OCH3 is 1. The minimum Gasteiger partial charge on any atom is -0.383 e. The third-order valence-electron chi connectivity index (χ3n) is 2.72. The van der Waals surface area contributed by atoms with Crippen molar-refractivity contribution >= 4 is 22.4 Å². The topological polar surface area (TPSA) is 67.4 Å². The molecule has 1 amide bonds. The molecule has 6 nitrogen and oxygen atoms in total. The Hall–Kier alpha value is -1.21. The molecular formula is C11H18N4O2S. The van der Waals surface area contributed by atoms with Gasteiger partial charge in [-0.2, -0.15) is 0 Å². The van der Waals surface area contributed by atoms with Crippen molar-refractivity contribution < 1.29 is 9.53 Å². The number of rotatable bonds is 7. The summed E-state index contributed by atoms with van der Waals surface area (Å²) in [4.78, 5) is 14.1. The highest BCUT2D eigenvalue weighted by Gasteiger charge is 2.34. The number of ether oxygens (including phenoxy) is 1. The number of amides is 1. The highest BCUT2D eigenvalue weighted by molar-refractivity contribution is 7.17. The number of nitrogens with one attached hydrogen (secondary N) is 1. The third-order valence-corrected chi connectivity index (χ3v) is 3.59. The summed E-state index contributed by atoms with van der Waals surface area (Å²) >= 11 is 1.31. The average Bonchev–Trinajstić information content (AvgIpc) is 3.09. The van der Waals surface area contributed by atoms with Gasteiger partial charge in [-0.3, -0.25) is 4.79 Å². The standard InChI is InChI=1S/C11H18N4O2S/c1-3-12-11-14-13-9(18-11)10(16)15(6-7-17-2)8-4-5-8/h8H,3-7H2,1-2H3,(H,12,14). The fraction of sp³-hybridized carbons (Fsp3) is 0.727. The van der Waals surface area contributed by atoms with Crippen LogP contribution >= 0.6 is 11.3 Å². The maximum atomic E-state index is 12.3. The summed E-state index contributed by atoms with van der Waals surface area (Å²) in [7, 11) is 1.64. The molecule has 0 unspecified atom stereocenters. The number of carbonyl (C=O) groups excluding carboxylic acids is 1. The van der Waals surface area contributed by atoms with Crippen LogP contribution in [0.2, 0.25) is 0 Å². The molecule has 0 atom stereocenters. The lowest BCUT2D eigenvalue weighted by Crippen LogP contribution is -2.35. The molecule has 0 saturated heterocycles. The van der Waals surface area contributed by atoms with Gasteiger partial charge in [0, 0.05) is 26.2 Å². The van der Waals surface area contributed by atoms with Gasteiger partial charge in [-0.15, -0.1) is 10.2 Å². The smallest absolute Gasteiger partial charge is 0.285 e. The Morgan fingerprint density at radius 1 is 1.56 bits per heavy atom. The fourth-order valence-corrected chi connectivity index (χ4v) is 2.45. The lowest BCUT2D eigenvalue weighted by molar-refractivity contribution is 0.0679. The summed E-state index contributed by atoms with van der Waals surface area (Å²) < 4.78 is 5.04. The molecule has 1 aromatic rings. The normalized spacial score (nSPS) is 14.6. The van der Waals surface area contributed by atoms with Crippen molar-refractivity contribution in [2.24, 2.45) is 0 Å². The first-order chi connectivity index (χ1) is 8.76. The largest absolute Gasteiger partial charge is 0.383 e. The molecule has 0 aliphatic heterocycles. The maximum absolute atomic E-state index is 12.3. The lowest BCUT2D eigenvalue weighted by Gasteiger charge is -2.20. The van der Waals surface area contributed by atoms with E-state index in [1.54, 1.807) is 7.11 Å². The van der Waals surface area contributed by atoms with E-state index >= 15 is 0 Å². The molecule has 1 aliphatic carbocycles. The van der Waals surface area contributed by atoms with Gasteiger partial charge in [0.25, 0.3) is 5.91 Å². The third kappa shape index (κ3) is 3.17. The minimum absolute atomic E-state index is 0.0313. The molecule has 0 radical (unpaired) electrons. The van der Waals surface area contributed by atoms with Gasteiger partial charge in [-0.1, -0.05) is 11.3 Å². The number of hydrogen-bond donors (Lipinski definition) is 1. The fourth-order valence-electron chi connectivity index (χ4n) is 1.68. The number of carbonyl (C=O) groups is 1. The Kier molecular flexibility index (Phi) is 4.48. The first-order valence-electron chi connectivity index (χ1n) is 6.13. The number of anilines is 1. The zero-order valence-corrected chi connectivity index (χ0v) is 11.5. The zero-order chi connectivity index (χ0) is 13.0. The van der Waals surface area contributed by atoms with Gasteiger partial charge >= 0.3 is 0 Å². The molecule has 1 saturated carbocycles. The quantitative estimate of drug-likeness (QED) is 0.807. The predicted molar refractivity (Wildman–Crippen MR) is 70.0 cm³/mol. The van der Waals surface area contributed by atoms with Crippen LogP contribution in [0.25, 0.3) is 0 Å². The zero-order valence-electron chi connectivity index (χ0n) is 10.7. The van der Waals surface area contributed by atoms with Crippen molar-refractivity contribution in [1.29, 1.82) is 0 Å². The molecule has 1 aliphatic rings. The van der Waals surface area contributed by atoms with Crippen LogP contribution in [0.15, 0.2) is 0 Å². The Bertz CT molecular complexity index is 406. The van der Waals surface area contributed by atoms with E-state index in [1.165, 1.54) is 11.3 Å². The van der Waals surface area contributed by atoms with E-state index in [-0.39, 0.29) is 5.91 Å². The second kappa shape index (κ2) is 6.10. The van der Waals surface area contributed by atoms with Gasteiger partial charge in [0.2, 0.25) is 10.1 Å². The van der Waals surface area contributed by atoms with Gasteiger partial charge in [0.15, 0.2) is 0 Å². The predicted octanol–water partition coefficient (Wildman–Crippen LogP) is 1.22. The summed E-state index contributed by atoms with van der Waals surface area (Å²) in [6.45, 7) is 3.94. The molecule has 0 spiro atoms. The summed E-state index contributed by atoms with van der Waals surface area (Å²) in [5.74, 6) is -0.0313. The van der Waals surface area contributed by atoms with Gasteiger partial charge < -0.3 is 15.0 Å². The minimum atomic E-state index is -0.0313. The van der Waals surface area contributed by atoms with E-state index in [1.807, 2.05) is 11.8 Å². The van der Waals surface area contributed by atoms with E-state index in [4.69, 9.17) is 4.74 Å². The molecule has 1 N–H and O–H groups in total. The van der Waals surface area contributed by atoms with E-state index in [0.29, 0.717) is 29.3 Å². The van der Waals surface area contributed by atoms with Crippen molar-refractivity contribution in [3.63, 3.8) is 0 Å². The van der Waals surface area contributed by atoms with Crippen LogP contribution in [0.1, 0.15) is 29.6 Å². The Morgan fingerprint density at radius 3 is 2.94 bits per heavy atom. The van der Waals surface area contributed by atoms with Crippen LogP contribution < -0.4 is 5.32 Å². The van der Waals surface area contributed by atoms with E-state index in [2.05, 4.69) is 15.5 Å². The van der Waals surface area contributed by atoms with Crippen LogP contribution in [0, 0.1) is 0 Å². The van der Waals surface area contributed by atoms with Crippen molar-refractivity contribution in [2.75, 3.05) is 32.1 Å². The Balaban J connectivity index is 2.01. The van der Waals surface area contributed by atoms with Crippen LogP contribution in [0.3, 0.4) is 0 Å². The first kappa shape index (κ1) is 13.2. The van der Waals surface area contributed by atoms with Gasteiger partial charge in [-0.05, 0) is 19.8 Å². The van der Waals surface area contributed by atoms with Gasteiger partial charge in [0.1, 0.15) is 0 Å². The molecule has 2 rings (SSSR count). The highest BCUT2D eigenvalue weighted by atomic mass is 32.1. The molecule has 7 heteroatoms. The molecular weight excluding hydrogens is 252 g/mol. The van der Waals surface area contributed by atoms with Crippen LogP contribution in [0.4, 0.5) is 5.13 Å². The SMILES string of the molecule is CCNc1nnc(C(=O)N(CCOC)C2CC2)s1. The van der Waals surface area contributed by atoms with E-state index in [9.17, 15) is 4.79 Å². The monoisotopic (exact) mass is 270 g/mol. The van der Waals surface area contributed by atoms with Crippen molar-refractivity contribution in [2.45, 2.75) is 25.8 Å². The molecule has 0 bridgehead atoms. The first-order valence-corrected chi connectivity index (χ1v) is 6.95. The van der Waals surface area contributed by atoms with Gasteiger partial charge in [0.05, 0.1) is 6.61 Å². The molecule has 0 aromatic carbocycles. The van der Waals surface area contributed by atoms with Crippen molar-refractivity contribution in [3.8, 4) is 0 Å². The molecule has 1 aromatic heterocycles. The van der Waals surface area contributed by atoms with E-state index < -0.39 is 0 Å². The summed E-state index contributed by atoms with van der Waals surface area (Å²) in [6, 6.07) is 0.360. The molecule has 100 valence electrons. The van der Waals surface area contributed by atoms with Gasteiger partial charge in [-0.25, -0.2) is 0 Å². The van der Waals surface area contributed by atoms with E-state index in [0.717, 1.165) is 19.4 Å². The number of hydrogen-bond acceptors (Lipinski definition) is 6. The molecule has 1 fully saturated rings. The summed E-state index contributed by atoms with van der Waals surface area (Å²) in [5, 5.41) is 12.1. The Labute approximate surface area is 110 Å². The van der Waals surface area contributed by atoms with Crippen LogP contribution in [-0.4, -0.2) is 53.9 Å². The second-order valence-corrected chi connectivity index (χ2v) is 5.14. The van der Waals surface area contributed by atoms with Crippen LogP contribution in [0.5, 0.6) is 0 Å². The number of aromatic nitrogens is 2. The average molecular weight is 270 g/mol. The van der Waals surface area contributed by atoms with Crippen molar-refractivity contribution in [3.05, 3.63) is 5.01 Å². The number of nitrogens with zero attached hydrogens (tertiary/aromatic N) is 3. The van der Waals surface area contributed by atoms with Crippen molar-refractivity contribution in [1.82, 2.24) is 15.1 Å². The maximum Gasteiger partial charge on any atom is 0.285 e. The summed E-state index contributed by atoms with van der Waals surface area (Å²) in [5.41, 5.74) is 0. The molecule has 1 heterocycles. The lowest BCUT2D eigenvalue weighted by atomic mass is 10.4. The second-order valence-electron chi connectivity index (χ2n) is 4.17. The van der Waals surface area contributed by atoms with Crippen LogP contribution in [-0.2, 0) is 4.74 Å². The summed E-state index contributed by atoms with van der Waals surface area (Å²) in [6.07, 6.45) is 2.16. The Morgan fingerprint density at radius 2 is 2.33 bits per heavy atom. The highest BCUT2D eigenvalue weighted by Crippen LogP contribution is 2.29.